The van der Waals surface area contributed by atoms with Crippen molar-refractivity contribution < 1.29 is 18.7 Å². The molecular weight excluding hydrogens is 349 g/mol. The van der Waals surface area contributed by atoms with Crippen LogP contribution in [0.15, 0.2) is 48.5 Å². The standard InChI is InChI=1S/C20H22FN3O3/c1-13-18(22-9-10-27-13)20(26)23-12-14-3-2-4-17(11-14)24-19(25)15-5-7-16(21)8-6-15/h2-8,11,13,18,22H,9-10,12H2,1H3,(H,23,26)(H,24,25)/t13-,18+/m1/s1. The normalized spacial score (nSPS) is 19.3. The fourth-order valence-electron chi connectivity index (χ4n) is 2.89. The lowest BCUT2D eigenvalue weighted by atomic mass is 10.1. The van der Waals surface area contributed by atoms with Gasteiger partial charge in [0.25, 0.3) is 5.91 Å². The molecule has 2 aromatic carbocycles. The molecule has 3 rings (SSSR count). The van der Waals surface area contributed by atoms with Gasteiger partial charge in [-0.15, -0.1) is 0 Å². The number of morpholine rings is 1. The lowest BCUT2D eigenvalue weighted by molar-refractivity contribution is -0.129. The summed E-state index contributed by atoms with van der Waals surface area (Å²) in [6, 6.07) is 12.2. The Kier molecular flexibility index (Phi) is 6.16. The van der Waals surface area contributed by atoms with Crippen LogP contribution in [0, 0.1) is 5.82 Å². The van der Waals surface area contributed by atoms with Crippen molar-refractivity contribution in [3.63, 3.8) is 0 Å². The maximum atomic E-state index is 13.0. The Hall–Kier alpha value is -2.77. The Morgan fingerprint density at radius 1 is 1.22 bits per heavy atom. The topological polar surface area (TPSA) is 79.5 Å². The van der Waals surface area contributed by atoms with Crippen LogP contribution < -0.4 is 16.0 Å². The molecule has 0 aromatic heterocycles. The van der Waals surface area contributed by atoms with Gasteiger partial charge in [0, 0.05) is 24.3 Å². The summed E-state index contributed by atoms with van der Waals surface area (Å²) in [6.07, 6.45) is -0.180. The van der Waals surface area contributed by atoms with Gasteiger partial charge in [-0.25, -0.2) is 4.39 Å². The van der Waals surface area contributed by atoms with Crippen molar-refractivity contribution in [3.05, 3.63) is 65.5 Å². The SMILES string of the molecule is C[C@H]1OCCN[C@@H]1C(=O)NCc1cccc(NC(=O)c2ccc(F)cc2)c1. The Morgan fingerprint density at radius 3 is 2.74 bits per heavy atom. The number of hydrogen-bond acceptors (Lipinski definition) is 4. The third kappa shape index (κ3) is 5.12. The number of ether oxygens (including phenoxy) is 1. The first kappa shape index (κ1) is 19.0. The number of carbonyl (C=O) groups excluding carboxylic acids is 2. The van der Waals surface area contributed by atoms with Gasteiger partial charge in [0.05, 0.1) is 12.7 Å². The Morgan fingerprint density at radius 2 is 2.00 bits per heavy atom. The first-order valence-electron chi connectivity index (χ1n) is 8.81. The van der Waals surface area contributed by atoms with Gasteiger partial charge in [-0.1, -0.05) is 12.1 Å². The van der Waals surface area contributed by atoms with Crippen LogP contribution in [-0.4, -0.2) is 37.1 Å². The smallest absolute Gasteiger partial charge is 0.255 e. The average Bonchev–Trinajstić information content (AvgIpc) is 2.67. The number of nitrogens with one attached hydrogen (secondary N) is 3. The lowest BCUT2D eigenvalue weighted by Gasteiger charge is -2.29. The summed E-state index contributed by atoms with van der Waals surface area (Å²) in [5.74, 6) is -0.840. The minimum absolute atomic E-state index is 0.122. The van der Waals surface area contributed by atoms with E-state index in [1.54, 1.807) is 18.2 Å². The van der Waals surface area contributed by atoms with Crippen LogP contribution in [0.5, 0.6) is 0 Å². The quantitative estimate of drug-likeness (QED) is 0.752. The number of rotatable bonds is 5. The molecule has 0 saturated carbocycles. The fraction of sp³-hybridized carbons (Fsp3) is 0.300. The minimum Gasteiger partial charge on any atom is -0.375 e. The van der Waals surface area contributed by atoms with E-state index in [1.807, 2.05) is 13.0 Å². The maximum Gasteiger partial charge on any atom is 0.255 e. The second-order valence-electron chi connectivity index (χ2n) is 6.39. The summed E-state index contributed by atoms with van der Waals surface area (Å²) in [5.41, 5.74) is 1.82. The number of halogens is 1. The second kappa shape index (κ2) is 8.75. The molecule has 142 valence electrons. The van der Waals surface area contributed by atoms with E-state index >= 15 is 0 Å². The molecule has 1 heterocycles. The summed E-state index contributed by atoms with van der Waals surface area (Å²) in [4.78, 5) is 24.5. The number of benzene rings is 2. The van der Waals surface area contributed by atoms with E-state index in [2.05, 4.69) is 16.0 Å². The van der Waals surface area contributed by atoms with E-state index in [0.29, 0.717) is 30.9 Å². The van der Waals surface area contributed by atoms with E-state index in [0.717, 1.165) is 5.56 Å². The average molecular weight is 371 g/mol. The highest BCUT2D eigenvalue weighted by Gasteiger charge is 2.27. The molecule has 0 bridgehead atoms. The van der Waals surface area contributed by atoms with E-state index in [9.17, 15) is 14.0 Å². The van der Waals surface area contributed by atoms with E-state index in [1.165, 1.54) is 24.3 Å². The number of carbonyl (C=O) groups is 2. The van der Waals surface area contributed by atoms with Crippen LogP contribution in [0.2, 0.25) is 0 Å². The molecule has 1 fully saturated rings. The lowest BCUT2D eigenvalue weighted by Crippen LogP contribution is -2.55. The van der Waals surface area contributed by atoms with Gasteiger partial charge in [-0.3, -0.25) is 9.59 Å². The molecule has 2 atom stereocenters. The van der Waals surface area contributed by atoms with Crippen LogP contribution in [0.3, 0.4) is 0 Å². The molecule has 0 radical (unpaired) electrons. The van der Waals surface area contributed by atoms with Crippen molar-refractivity contribution in [1.29, 1.82) is 0 Å². The summed E-state index contributed by atoms with van der Waals surface area (Å²) in [6.45, 7) is 3.44. The zero-order chi connectivity index (χ0) is 19.2. The highest BCUT2D eigenvalue weighted by atomic mass is 19.1. The summed E-state index contributed by atoms with van der Waals surface area (Å²) in [5, 5.41) is 8.80. The van der Waals surface area contributed by atoms with Crippen LogP contribution >= 0.6 is 0 Å². The Labute approximate surface area is 157 Å². The third-order valence-electron chi connectivity index (χ3n) is 4.36. The fourth-order valence-corrected chi connectivity index (χ4v) is 2.89. The second-order valence-corrected chi connectivity index (χ2v) is 6.39. The third-order valence-corrected chi connectivity index (χ3v) is 4.36. The number of hydrogen-bond donors (Lipinski definition) is 3. The molecule has 3 N–H and O–H groups in total. The maximum absolute atomic E-state index is 13.0. The monoisotopic (exact) mass is 371 g/mol. The van der Waals surface area contributed by atoms with E-state index in [-0.39, 0.29) is 24.0 Å². The Bertz CT molecular complexity index is 810. The number of anilines is 1. The minimum atomic E-state index is -0.392. The zero-order valence-electron chi connectivity index (χ0n) is 15.0. The van der Waals surface area contributed by atoms with Gasteiger partial charge < -0.3 is 20.7 Å². The molecule has 27 heavy (non-hydrogen) atoms. The first-order valence-corrected chi connectivity index (χ1v) is 8.81. The molecule has 1 aliphatic heterocycles. The van der Waals surface area contributed by atoms with Crippen LogP contribution in [0.1, 0.15) is 22.8 Å². The van der Waals surface area contributed by atoms with Crippen molar-refractivity contribution in [3.8, 4) is 0 Å². The molecule has 1 saturated heterocycles. The first-order chi connectivity index (χ1) is 13.0. The molecule has 0 aliphatic carbocycles. The highest BCUT2D eigenvalue weighted by Crippen LogP contribution is 2.13. The molecule has 2 amide bonds. The summed E-state index contributed by atoms with van der Waals surface area (Å²) < 4.78 is 18.4. The van der Waals surface area contributed by atoms with Crippen molar-refractivity contribution in [2.45, 2.75) is 25.6 Å². The van der Waals surface area contributed by atoms with Gasteiger partial charge in [0.2, 0.25) is 5.91 Å². The molecule has 1 aliphatic rings. The van der Waals surface area contributed by atoms with Gasteiger partial charge in [-0.05, 0) is 48.9 Å². The summed E-state index contributed by atoms with van der Waals surface area (Å²) in [7, 11) is 0. The molecular formula is C20H22FN3O3. The van der Waals surface area contributed by atoms with E-state index < -0.39 is 5.82 Å². The van der Waals surface area contributed by atoms with Gasteiger partial charge in [0.1, 0.15) is 11.9 Å². The van der Waals surface area contributed by atoms with Crippen LogP contribution in [0.4, 0.5) is 10.1 Å². The Balaban J connectivity index is 1.57. The highest BCUT2D eigenvalue weighted by molar-refractivity contribution is 6.04. The predicted octanol–water partition coefficient (Wildman–Crippen LogP) is 2.07. The molecule has 2 aromatic rings. The molecule has 7 heteroatoms. The predicted molar refractivity (Wildman–Crippen MR) is 99.8 cm³/mol. The number of amides is 2. The van der Waals surface area contributed by atoms with Crippen LogP contribution in [-0.2, 0) is 16.1 Å². The van der Waals surface area contributed by atoms with E-state index in [4.69, 9.17) is 4.74 Å². The van der Waals surface area contributed by atoms with Crippen molar-refractivity contribution >= 4 is 17.5 Å². The van der Waals surface area contributed by atoms with Crippen molar-refractivity contribution in [1.82, 2.24) is 10.6 Å². The summed E-state index contributed by atoms with van der Waals surface area (Å²) >= 11 is 0. The largest absolute Gasteiger partial charge is 0.375 e. The zero-order valence-corrected chi connectivity index (χ0v) is 15.0. The molecule has 0 unspecified atom stereocenters. The molecule has 0 spiro atoms. The van der Waals surface area contributed by atoms with Crippen molar-refractivity contribution in [2.24, 2.45) is 0 Å². The van der Waals surface area contributed by atoms with Crippen molar-refractivity contribution in [2.75, 3.05) is 18.5 Å². The van der Waals surface area contributed by atoms with Gasteiger partial charge in [0.15, 0.2) is 0 Å². The van der Waals surface area contributed by atoms with Gasteiger partial charge in [-0.2, -0.15) is 0 Å². The molecule has 6 nitrogen and oxygen atoms in total. The van der Waals surface area contributed by atoms with Crippen LogP contribution in [0.25, 0.3) is 0 Å². The van der Waals surface area contributed by atoms with Gasteiger partial charge >= 0.3 is 0 Å².